The molecule has 0 aliphatic carbocycles. The highest BCUT2D eigenvalue weighted by Crippen LogP contribution is 2.40. The number of aliphatic carboxylic acids is 1. The number of fused-ring (bicyclic) bond motifs is 1. The molecule has 1 aromatic carbocycles. The number of β-lactam (4-membered cyclic amide) rings is 1. The predicted octanol–water partition coefficient (Wildman–Crippen LogP) is 2.58. The summed E-state index contributed by atoms with van der Waals surface area (Å²) in [5, 5.41) is 24.3. The van der Waals surface area contributed by atoms with Crippen molar-refractivity contribution in [2.45, 2.75) is 56.5 Å². The second-order valence-electron chi connectivity index (χ2n) is 9.23. The van der Waals surface area contributed by atoms with Crippen LogP contribution in [-0.2, 0) is 24.9 Å². The molecule has 3 amide bonds. The Bertz CT molecular complexity index is 1080. The lowest BCUT2D eigenvalue weighted by Gasteiger charge is -2.49. The smallest absolute Gasteiger partial charge is 0.408 e. The van der Waals surface area contributed by atoms with Gasteiger partial charge in [-0.25, -0.2) is 9.59 Å². The molecule has 3 unspecified atom stereocenters. The van der Waals surface area contributed by atoms with Gasteiger partial charge in [0.2, 0.25) is 5.91 Å². The van der Waals surface area contributed by atoms with Gasteiger partial charge in [0.1, 0.15) is 34.5 Å². The fourth-order valence-corrected chi connectivity index (χ4v) is 5.63. The number of hydrogen-bond donors (Lipinski definition) is 4. The molecule has 0 saturated carbocycles. The summed E-state index contributed by atoms with van der Waals surface area (Å²) in [6.07, 6.45) is 1.05. The van der Waals surface area contributed by atoms with E-state index in [1.807, 2.05) is 6.26 Å². The van der Waals surface area contributed by atoms with Crippen molar-refractivity contribution in [3.8, 4) is 5.75 Å². The Morgan fingerprint density at radius 3 is 2.60 bits per heavy atom. The first-order valence-corrected chi connectivity index (χ1v) is 13.3. The zero-order valence-corrected chi connectivity index (χ0v) is 21.7. The summed E-state index contributed by atoms with van der Waals surface area (Å²) in [5.41, 5.74) is 0.695. The van der Waals surface area contributed by atoms with Gasteiger partial charge in [0, 0.05) is 17.1 Å². The predicted molar refractivity (Wildman–Crippen MR) is 133 cm³/mol. The number of carbonyl (C=O) groups excluding carboxylic acids is 3. The molecule has 2 aliphatic heterocycles. The highest BCUT2D eigenvalue weighted by Gasteiger charge is 2.54. The SMILES string of the molecule is CSCc1cc(C(NC(=O)OC(C)(C)C)C(=O)NC2C(=O)N3C(C(=O)O)=C(C)CSC23)ccc1O. The van der Waals surface area contributed by atoms with E-state index in [1.54, 1.807) is 33.8 Å². The van der Waals surface area contributed by atoms with Crippen LogP contribution in [0.3, 0.4) is 0 Å². The molecule has 2 aliphatic rings. The van der Waals surface area contributed by atoms with E-state index in [4.69, 9.17) is 4.74 Å². The lowest BCUT2D eigenvalue weighted by molar-refractivity contribution is -0.151. The number of alkyl carbamates (subject to hydrolysis) is 1. The van der Waals surface area contributed by atoms with Gasteiger partial charge in [-0.15, -0.1) is 11.8 Å². The van der Waals surface area contributed by atoms with Crippen LogP contribution in [0.15, 0.2) is 29.5 Å². The number of phenols is 1. The average Bonchev–Trinajstić information content (AvgIpc) is 2.75. The summed E-state index contributed by atoms with van der Waals surface area (Å²) < 4.78 is 5.31. The van der Waals surface area contributed by atoms with E-state index in [0.717, 1.165) is 0 Å². The third-order valence-corrected chi connectivity index (χ3v) is 7.34. The number of phenolic OH excluding ortho intramolecular Hbond substituents is 1. The molecular weight excluding hydrogens is 494 g/mol. The van der Waals surface area contributed by atoms with Crippen molar-refractivity contribution < 1.29 is 34.1 Å². The summed E-state index contributed by atoms with van der Waals surface area (Å²) in [6, 6.07) is 2.42. The molecule has 3 atom stereocenters. The van der Waals surface area contributed by atoms with Crippen molar-refractivity contribution in [1.29, 1.82) is 0 Å². The van der Waals surface area contributed by atoms with Gasteiger partial charge < -0.3 is 25.6 Å². The summed E-state index contributed by atoms with van der Waals surface area (Å²) in [6.45, 7) is 6.73. The van der Waals surface area contributed by atoms with Crippen molar-refractivity contribution in [2.24, 2.45) is 0 Å². The zero-order valence-electron chi connectivity index (χ0n) is 20.1. The summed E-state index contributed by atoms with van der Waals surface area (Å²) in [5.74, 6) is -1.42. The molecule has 0 radical (unpaired) electrons. The van der Waals surface area contributed by atoms with Gasteiger partial charge in [-0.05, 0) is 57.2 Å². The fourth-order valence-electron chi connectivity index (χ4n) is 3.79. The molecule has 35 heavy (non-hydrogen) atoms. The van der Waals surface area contributed by atoms with Crippen LogP contribution in [0, 0.1) is 0 Å². The minimum absolute atomic E-state index is 0.0614. The minimum Gasteiger partial charge on any atom is -0.508 e. The third kappa shape index (κ3) is 5.87. The molecule has 0 spiro atoms. The lowest BCUT2D eigenvalue weighted by Crippen LogP contribution is -2.71. The van der Waals surface area contributed by atoms with E-state index >= 15 is 0 Å². The van der Waals surface area contributed by atoms with Crippen LogP contribution in [-0.4, -0.2) is 68.0 Å². The molecule has 4 N–H and O–H groups in total. The Kier molecular flexibility index (Phi) is 7.95. The Morgan fingerprint density at radius 2 is 2.00 bits per heavy atom. The van der Waals surface area contributed by atoms with Crippen molar-refractivity contribution in [1.82, 2.24) is 15.5 Å². The summed E-state index contributed by atoms with van der Waals surface area (Å²) >= 11 is 2.84. The number of aromatic hydroxyl groups is 1. The summed E-state index contributed by atoms with van der Waals surface area (Å²) in [4.78, 5) is 51.5. The summed E-state index contributed by atoms with van der Waals surface area (Å²) in [7, 11) is 0. The number of carbonyl (C=O) groups is 4. The number of carboxylic acid groups (broad SMARTS) is 1. The molecule has 12 heteroatoms. The number of amides is 3. The van der Waals surface area contributed by atoms with E-state index in [1.165, 1.54) is 40.6 Å². The van der Waals surface area contributed by atoms with Gasteiger partial charge in [0.15, 0.2) is 0 Å². The number of ether oxygens (including phenoxy) is 1. The van der Waals surface area contributed by atoms with Crippen LogP contribution in [0.25, 0.3) is 0 Å². The van der Waals surface area contributed by atoms with E-state index in [2.05, 4.69) is 10.6 Å². The fraction of sp³-hybridized carbons (Fsp3) is 0.478. The lowest BCUT2D eigenvalue weighted by atomic mass is 10.00. The standard InChI is InChI=1S/C23H29N3O7S2/c1-11-9-35-20-16(19(29)26(20)17(11)21(30)31)24-18(28)15(25-22(32)33-23(2,3)4)12-6-7-14(27)13(8-12)10-34-5/h6-8,15-16,20,27H,9-10H2,1-5H3,(H,24,28)(H,25,32)(H,30,31). The molecular formula is C23H29N3O7S2. The van der Waals surface area contributed by atoms with Crippen molar-refractivity contribution in [3.05, 3.63) is 40.6 Å². The second-order valence-corrected chi connectivity index (χ2v) is 11.2. The normalized spacial score (nSPS) is 20.5. The minimum atomic E-state index is -1.21. The maximum absolute atomic E-state index is 13.3. The van der Waals surface area contributed by atoms with Crippen LogP contribution < -0.4 is 10.6 Å². The van der Waals surface area contributed by atoms with Crippen molar-refractivity contribution in [3.63, 3.8) is 0 Å². The topological polar surface area (TPSA) is 145 Å². The molecule has 190 valence electrons. The van der Waals surface area contributed by atoms with Crippen molar-refractivity contribution >= 4 is 47.4 Å². The quantitative estimate of drug-likeness (QED) is 0.396. The average molecular weight is 524 g/mol. The number of benzene rings is 1. The van der Waals surface area contributed by atoms with Gasteiger partial charge in [-0.1, -0.05) is 6.07 Å². The molecule has 2 heterocycles. The molecule has 1 saturated heterocycles. The van der Waals surface area contributed by atoms with Crippen LogP contribution in [0.2, 0.25) is 0 Å². The first-order chi connectivity index (χ1) is 16.3. The van der Waals surface area contributed by atoms with Crippen LogP contribution in [0.1, 0.15) is 44.9 Å². The first kappa shape index (κ1) is 26.7. The third-order valence-electron chi connectivity index (χ3n) is 5.32. The Hall–Kier alpha value is -2.86. The maximum Gasteiger partial charge on any atom is 0.408 e. The molecule has 0 aromatic heterocycles. The first-order valence-electron chi connectivity index (χ1n) is 10.8. The number of nitrogens with one attached hydrogen (secondary N) is 2. The largest absolute Gasteiger partial charge is 0.508 e. The Morgan fingerprint density at radius 1 is 1.31 bits per heavy atom. The number of thioether (sulfide) groups is 2. The van der Waals surface area contributed by atoms with E-state index < -0.39 is 46.9 Å². The van der Waals surface area contributed by atoms with Crippen LogP contribution in [0.5, 0.6) is 5.75 Å². The van der Waals surface area contributed by atoms with E-state index in [-0.39, 0.29) is 11.4 Å². The number of rotatable bonds is 7. The Balaban J connectivity index is 1.85. The van der Waals surface area contributed by atoms with Crippen LogP contribution >= 0.6 is 23.5 Å². The van der Waals surface area contributed by atoms with E-state index in [9.17, 15) is 29.4 Å². The van der Waals surface area contributed by atoms with E-state index in [0.29, 0.717) is 28.2 Å². The molecule has 1 fully saturated rings. The number of nitrogens with zero attached hydrogens (tertiary/aromatic N) is 1. The monoisotopic (exact) mass is 523 g/mol. The van der Waals surface area contributed by atoms with Gasteiger partial charge in [-0.2, -0.15) is 11.8 Å². The number of hydrogen-bond acceptors (Lipinski definition) is 8. The highest BCUT2D eigenvalue weighted by molar-refractivity contribution is 8.00. The van der Waals surface area contributed by atoms with Gasteiger partial charge in [-0.3, -0.25) is 14.5 Å². The molecule has 1 aromatic rings. The maximum atomic E-state index is 13.3. The second kappa shape index (κ2) is 10.4. The van der Waals surface area contributed by atoms with Gasteiger partial charge >= 0.3 is 12.1 Å². The molecule has 10 nitrogen and oxygen atoms in total. The number of carboxylic acids is 1. The zero-order chi connectivity index (χ0) is 26.1. The Labute approximate surface area is 211 Å². The molecule has 3 rings (SSSR count). The molecule has 0 bridgehead atoms. The van der Waals surface area contributed by atoms with Gasteiger partial charge in [0.25, 0.3) is 5.91 Å². The van der Waals surface area contributed by atoms with Gasteiger partial charge in [0.05, 0.1) is 0 Å². The highest BCUT2D eigenvalue weighted by atomic mass is 32.2. The van der Waals surface area contributed by atoms with Crippen LogP contribution in [0.4, 0.5) is 4.79 Å². The van der Waals surface area contributed by atoms with Crippen molar-refractivity contribution in [2.75, 3.05) is 12.0 Å².